The second-order valence-electron chi connectivity index (χ2n) is 5.54. The largest absolute Gasteiger partial charge is 0.368 e. The molecule has 7 heteroatoms. The van der Waals surface area contributed by atoms with Crippen LogP contribution in [0.2, 0.25) is 0 Å². The number of nitrogens with two attached hydrogens (primary N) is 1. The number of aromatic nitrogens is 3. The zero-order valence-electron chi connectivity index (χ0n) is 14.2. The first-order valence-electron chi connectivity index (χ1n) is 8.09. The average molecular weight is 376 g/mol. The minimum Gasteiger partial charge on any atom is -0.368 e. The lowest BCUT2D eigenvalue weighted by Gasteiger charge is -2.05. The third-order valence-corrected chi connectivity index (χ3v) is 3.93. The molecule has 2 aromatic carbocycles. The summed E-state index contributed by atoms with van der Waals surface area (Å²) in [7, 11) is 0. The van der Waals surface area contributed by atoms with E-state index in [2.05, 4.69) is 4.98 Å². The first kappa shape index (κ1) is 18.2. The second-order valence-corrected chi connectivity index (χ2v) is 5.91. The zero-order chi connectivity index (χ0) is 19.2. The number of hydrogen-bond acceptors (Lipinski definition) is 5. The van der Waals surface area contributed by atoms with E-state index in [1.807, 2.05) is 60.7 Å². The predicted octanol–water partition coefficient (Wildman–Crippen LogP) is 3.70. The predicted molar refractivity (Wildman–Crippen MR) is 108 cm³/mol. The van der Waals surface area contributed by atoms with Gasteiger partial charge in [0, 0.05) is 12.2 Å². The molecule has 0 aliphatic carbocycles. The van der Waals surface area contributed by atoms with Crippen molar-refractivity contribution in [2.75, 3.05) is 5.73 Å². The molecule has 6 nitrogen and oxygen atoms in total. The number of nitrogen functional groups attached to an aromatic ring is 1. The van der Waals surface area contributed by atoms with Gasteiger partial charge in [0.25, 0.3) is 11.8 Å². The normalized spacial score (nSPS) is 11.3. The summed E-state index contributed by atoms with van der Waals surface area (Å²) in [5.74, 6) is -1.19. The number of carbonyl (C=O) groups is 2. The van der Waals surface area contributed by atoms with Crippen LogP contribution < -0.4 is 5.73 Å². The van der Waals surface area contributed by atoms with Gasteiger partial charge in [-0.1, -0.05) is 60.7 Å². The van der Waals surface area contributed by atoms with Crippen molar-refractivity contribution in [1.29, 1.82) is 0 Å². The Balaban J connectivity index is 1.90. The number of anilines is 1. The van der Waals surface area contributed by atoms with Crippen molar-refractivity contribution < 1.29 is 9.59 Å². The molecule has 0 fully saturated rings. The van der Waals surface area contributed by atoms with Crippen molar-refractivity contribution in [3.05, 3.63) is 88.7 Å². The van der Waals surface area contributed by atoms with Gasteiger partial charge in [0.15, 0.2) is 0 Å². The third-order valence-electron chi connectivity index (χ3n) is 3.66. The summed E-state index contributed by atoms with van der Waals surface area (Å²) >= 11 is 5.08. The van der Waals surface area contributed by atoms with Gasteiger partial charge in [-0.05, 0) is 35.5 Å². The van der Waals surface area contributed by atoms with Crippen LogP contribution in [0.4, 0.5) is 5.95 Å². The molecule has 3 rings (SSSR count). The lowest BCUT2D eigenvalue weighted by molar-refractivity contribution is 0.0861. The van der Waals surface area contributed by atoms with E-state index in [0.29, 0.717) is 0 Å². The molecule has 0 saturated heterocycles. The van der Waals surface area contributed by atoms with Gasteiger partial charge in [0.2, 0.25) is 10.7 Å². The molecule has 0 aliphatic heterocycles. The standard InChI is InChI=1S/C20H16N4O2S/c21-19-22-20(27)24(18(26)14-12-16-9-5-2-6-10-16)23(19)17(25)13-11-15-7-3-1-4-8-15/h1-14H,(H2,21,22,27)/b13-11+,14-12+. The lowest BCUT2D eigenvalue weighted by Crippen LogP contribution is -2.25. The molecule has 27 heavy (non-hydrogen) atoms. The van der Waals surface area contributed by atoms with Gasteiger partial charge in [-0.25, -0.2) is 0 Å². The molecule has 3 aromatic rings. The Morgan fingerprint density at radius 1 is 0.815 bits per heavy atom. The van der Waals surface area contributed by atoms with E-state index >= 15 is 0 Å². The Labute approximate surface area is 160 Å². The average Bonchev–Trinajstić information content (AvgIpc) is 3.00. The molecule has 0 atom stereocenters. The Hall–Kier alpha value is -3.58. The summed E-state index contributed by atoms with van der Waals surface area (Å²) in [5, 5.41) is 0. The smallest absolute Gasteiger partial charge is 0.272 e. The van der Waals surface area contributed by atoms with Crippen LogP contribution in [-0.4, -0.2) is 26.2 Å². The molecule has 0 spiro atoms. The number of allylic oxidation sites excluding steroid dienone is 2. The monoisotopic (exact) mass is 376 g/mol. The Kier molecular flexibility index (Phi) is 5.53. The summed E-state index contributed by atoms with van der Waals surface area (Å²) in [6.07, 6.45) is 5.88. The highest BCUT2D eigenvalue weighted by Gasteiger charge is 2.17. The van der Waals surface area contributed by atoms with Crippen LogP contribution in [0.15, 0.2) is 72.8 Å². The van der Waals surface area contributed by atoms with Gasteiger partial charge in [-0.3, -0.25) is 9.59 Å². The van der Waals surface area contributed by atoms with Crippen LogP contribution in [0.5, 0.6) is 0 Å². The third kappa shape index (κ3) is 4.34. The summed E-state index contributed by atoms with van der Waals surface area (Å²) < 4.78 is 1.85. The first-order chi connectivity index (χ1) is 13.1. The fraction of sp³-hybridized carbons (Fsp3) is 0. The van der Waals surface area contributed by atoms with Gasteiger partial charge in [-0.15, -0.1) is 0 Å². The highest BCUT2D eigenvalue weighted by Crippen LogP contribution is 2.08. The molecule has 2 N–H and O–H groups in total. The summed E-state index contributed by atoms with van der Waals surface area (Å²) in [4.78, 5) is 29.0. The molecule has 1 aromatic heterocycles. The van der Waals surface area contributed by atoms with Crippen LogP contribution >= 0.6 is 12.2 Å². The number of nitrogens with zero attached hydrogens (tertiary/aromatic N) is 3. The van der Waals surface area contributed by atoms with E-state index in [4.69, 9.17) is 18.0 Å². The van der Waals surface area contributed by atoms with Crippen molar-refractivity contribution >= 4 is 42.1 Å². The van der Waals surface area contributed by atoms with E-state index in [0.717, 1.165) is 20.5 Å². The van der Waals surface area contributed by atoms with Gasteiger partial charge in [-0.2, -0.15) is 14.3 Å². The van der Waals surface area contributed by atoms with Crippen molar-refractivity contribution in [2.24, 2.45) is 0 Å². The maximum atomic E-state index is 12.6. The van der Waals surface area contributed by atoms with Crippen molar-refractivity contribution in [2.45, 2.75) is 0 Å². The number of hydrogen-bond donors (Lipinski definition) is 1. The Morgan fingerprint density at radius 2 is 1.26 bits per heavy atom. The van der Waals surface area contributed by atoms with Crippen LogP contribution in [0, 0.1) is 4.77 Å². The molecule has 0 amide bonds. The number of benzene rings is 2. The van der Waals surface area contributed by atoms with Crippen molar-refractivity contribution in [3.63, 3.8) is 0 Å². The van der Waals surface area contributed by atoms with Gasteiger partial charge in [0.1, 0.15) is 0 Å². The van der Waals surface area contributed by atoms with E-state index in [-0.39, 0.29) is 10.7 Å². The highest BCUT2D eigenvalue weighted by molar-refractivity contribution is 7.71. The summed E-state index contributed by atoms with van der Waals surface area (Å²) in [5.41, 5.74) is 7.47. The zero-order valence-corrected chi connectivity index (χ0v) is 15.0. The van der Waals surface area contributed by atoms with Gasteiger partial charge in [0.05, 0.1) is 0 Å². The minimum atomic E-state index is -0.526. The van der Waals surface area contributed by atoms with Gasteiger partial charge >= 0.3 is 0 Å². The molecule has 0 bridgehead atoms. The summed E-state index contributed by atoms with van der Waals surface area (Å²) in [6, 6.07) is 18.6. The van der Waals surface area contributed by atoms with Gasteiger partial charge < -0.3 is 5.73 Å². The lowest BCUT2D eigenvalue weighted by atomic mass is 10.2. The second kappa shape index (κ2) is 8.20. The molecule has 0 radical (unpaired) electrons. The highest BCUT2D eigenvalue weighted by atomic mass is 32.1. The fourth-order valence-corrected chi connectivity index (χ4v) is 2.65. The van der Waals surface area contributed by atoms with Crippen LogP contribution in [-0.2, 0) is 0 Å². The fourth-order valence-electron chi connectivity index (χ4n) is 2.39. The summed E-state index contributed by atoms with van der Waals surface area (Å²) in [6.45, 7) is 0. The van der Waals surface area contributed by atoms with Crippen LogP contribution in [0.3, 0.4) is 0 Å². The first-order valence-corrected chi connectivity index (χ1v) is 8.49. The maximum absolute atomic E-state index is 12.6. The molecular weight excluding hydrogens is 360 g/mol. The van der Waals surface area contributed by atoms with Crippen LogP contribution in [0.1, 0.15) is 20.7 Å². The molecule has 0 saturated carbocycles. The van der Waals surface area contributed by atoms with Crippen molar-refractivity contribution in [1.82, 2.24) is 14.3 Å². The maximum Gasteiger partial charge on any atom is 0.272 e. The quantitative estimate of drug-likeness (QED) is 0.554. The topological polar surface area (TPSA) is 82.9 Å². The van der Waals surface area contributed by atoms with E-state index in [1.54, 1.807) is 12.2 Å². The van der Waals surface area contributed by atoms with E-state index in [1.165, 1.54) is 12.2 Å². The Morgan fingerprint density at radius 3 is 1.74 bits per heavy atom. The number of carbonyl (C=O) groups excluding carboxylic acids is 2. The van der Waals surface area contributed by atoms with E-state index in [9.17, 15) is 9.59 Å². The molecular formula is C20H16N4O2S. The van der Waals surface area contributed by atoms with E-state index < -0.39 is 11.8 Å². The molecule has 0 unspecified atom stereocenters. The van der Waals surface area contributed by atoms with Crippen molar-refractivity contribution in [3.8, 4) is 0 Å². The number of rotatable bonds is 4. The molecule has 0 aliphatic rings. The minimum absolute atomic E-state index is 0.0864. The molecule has 134 valence electrons. The Bertz CT molecular complexity index is 1080. The van der Waals surface area contributed by atoms with Crippen LogP contribution in [0.25, 0.3) is 12.2 Å². The SMILES string of the molecule is Nc1nc(=S)n(C(=O)/C=C/c2ccccc2)n1C(=O)/C=C/c1ccccc1. The molecule has 1 heterocycles.